The van der Waals surface area contributed by atoms with Crippen molar-refractivity contribution in [3.05, 3.63) is 53.1 Å². The fraction of sp³-hybridized carbons (Fsp3) is 0.562. The summed E-state index contributed by atoms with van der Waals surface area (Å²) in [4.78, 5) is 31.7. The average molecular weight is 588 g/mol. The summed E-state index contributed by atoms with van der Waals surface area (Å²) in [6, 6.07) is 7.02. The SMILES string of the molecule is CCN(CC)CC(O)CCCCOc1ccc(C(=O)N2CCC(N3C(=O)CCc4c(F)cc(F)cc43)CC2)c(OC)c1. The van der Waals surface area contributed by atoms with Gasteiger partial charge in [-0.2, -0.15) is 0 Å². The number of carbonyl (C=O) groups is 2. The van der Waals surface area contributed by atoms with Gasteiger partial charge in [-0.05, 0) is 69.8 Å². The Kier molecular flexibility index (Phi) is 11.2. The Morgan fingerprint density at radius 1 is 1.10 bits per heavy atom. The van der Waals surface area contributed by atoms with Crippen molar-refractivity contribution in [3.63, 3.8) is 0 Å². The molecule has 230 valence electrons. The van der Waals surface area contributed by atoms with Crippen LogP contribution in [-0.4, -0.2) is 85.3 Å². The molecule has 0 spiro atoms. The zero-order valence-corrected chi connectivity index (χ0v) is 24.9. The van der Waals surface area contributed by atoms with Crippen molar-refractivity contribution in [2.75, 3.05) is 51.3 Å². The first-order chi connectivity index (χ1) is 20.2. The largest absolute Gasteiger partial charge is 0.496 e. The number of rotatable bonds is 13. The molecule has 2 aromatic carbocycles. The molecule has 2 heterocycles. The van der Waals surface area contributed by atoms with Crippen LogP contribution >= 0.6 is 0 Å². The Bertz CT molecular complexity index is 1230. The molecule has 1 fully saturated rings. The third-order valence-corrected chi connectivity index (χ3v) is 8.34. The van der Waals surface area contributed by atoms with Gasteiger partial charge in [0.25, 0.3) is 5.91 Å². The normalized spacial score (nSPS) is 16.5. The van der Waals surface area contributed by atoms with Gasteiger partial charge in [0.2, 0.25) is 5.91 Å². The quantitative estimate of drug-likeness (QED) is 0.339. The summed E-state index contributed by atoms with van der Waals surface area (Å²) in [5.41, 5.74) is 1.10. The first kappa shape index (κ1) is 31.7. The van der Waals surface area contributed by atoms with Crippen LogP contribution in [0.2, 0.25) is 0 Å². The third kappa shape index (κ3) is 7.58. The topological polar surface area (TPSA) is 82.6 Å². The van der Waals surface area contributed by atoms with E-state index in [-0.39, 0.29) is 36.8 Å². The number of methoxy groups -OCH3 is 1. The molecule has 10 heteroatoms. The summed E-state index contributed by atoms with van der Waals surface area (Å²) in [7, 11) is 1.51. The molecule has 2 aliphatic rings. The lowest BCUT2D eigenvalue weighted by Gasteiger charge is -2.41. The number of aliphatic hydroxyl groups is 1. The number of aliphatic hydroxyl groups excluding tert-OH is 1. The fourth-order valence-electron chi connectivity index (χ4n) is 5.92. The van der Waals surface area contributed by atoms with Crippen molar-refractivity contribution in [2.24, 2.45) is 0 Å². The number of nitrogens with zero attached hydrogens (tertiary/aromatic N) is 3. The molecule has 42 heavy (non-hydrogen) atoms. The molecule has 0 aromatic heterocycles. The van der Waals surface area contributed by atoms with Gasteiger partial charge in [0.15, 0.2) is 0 Å². The highest BCUT2D eigenvalue weighted by Crippen LogP contribution is 2.35. The summed E-state index contributed by atoms with van der Waals surface area (Å²) >= 11 is 0. The van der Waals surface area contributed by atoms with Crippen LogP contribution in [0.1, 0.15) is 68.3 Å². The number of likely N-dealkylation sites (N-methyl/N-ethyl adjacent to an activating group) is 1. The Hall–Kier alpha value is -3.24. The van der Waals surface area contributed by atoms with Gasteiger partial charge in [-0.25, -0.2) is 8.78 Å². The van der Waals surface area contributed by atoms with Crippen molar-refractivity contribution in [3.8, 4) is 11.5 Å². The van der Waals surface area contributed by atoms with E-state index < -0.39 is 11.6 Å². The van der Waals surface area contributed by atoms with Crippen LogP contribution in [0.5, 0.6) is 11.5 Å². The van der Waals surface area contributed by atoms with Crippen LogP contribution in [0.3, 0.4) is 0 Å². The van der Waals surface area contributed by atoms with Crippen molar-refractivity contribution in [1.82, 2.24) is 9.80 Å². The molecule has 1 saturated heterocycles. The first-order valence-corrected chi connectivity index (χ1v) is 15.1. The summed E-state index contributed by atoms with van der Waals surface area (Å²) in [6.45, 7) is 8.02. The van der Waals surface area contributed by atoms with E-state index in [1.54, 1.807) is 23.1 Å². The van der Waals surface area contributed by atoms with E-state index in [0.717, 1.165) is 38.4 Å². The maximum atomic E-state index is 14.4. The summed E-state index contributed by atoms with van der Waals surface area (Å²) in [6.07, 6.45) is 3.47. The van der Waals surface area contributed by atoms with E-state index >= 15 is 0 Å². The highest BCUT2D eigenvalue weighted by molar-refractivity contribution is 5.98. The number of amides is 2. The Balaban J connectivity index is 1.29. The van der Waals surface area contributed by atoms with Crippen molar-refractivity contribution in [1.29, 1.82) is 0 Å². The van der Waals surface area contributed by atoms with Crippen LogP contribution in [0.4, 0.5) is 14.5 Å². The summed E-state index contributed by atoms with van der Waals surface area (Å²) < 4.78 is 39.8. The molecule has 0 bridgehead atoms. The zero-order valence-electron chi connectivity index (χ0n) is 24.9. The van der Waals surface area contributed by atoms with Crippen LogP contribution in [-0.2, 0) is 11.2 Å². The maximum Gasteiger partial charge on any atom is 0.257 e. The van der Waals surface area contributed by atoms with E-state index in [2.05, 4.69) is 18.7 Å². The van der Waals surface area contributed by atoms with Gasteiger partial charge in [0.1, 0.15) is 23.1 Å². The minimum absolute atomic E-state index is 0.148. The van der Waals surface area contributed by atoms with E-state index in [4.69, 9.17) is 9.47 Å². The molecular weight excluding hydrogens is 544 g/mol. The lowest BCUT2D eigenvalue weighted by molar-refractivity contribution is -0.119. The number of anilines is 1. The molecule has 1 atom stereocenters. The van der Waals surface area contributed by atoms with E-state index in [1.807, 2.05) is 0 Å². The number of piperidine rings is 1. The molecular formula is C32H43F2N3O5. The van der Waals surface area contributed by atoms with Crippen molar-refractivity contribution in [2.45, 2.75) is 70.9 Å². The van der Waals surface area contributed by atoms with Crippen LogP contribution in [0, 0.1) is 11.6 Å². The molecule has 2 aliphatic heterocycles. The number of likely N-dealkylation sites (tertiary alicyclic amines) is 1. The molecule has 4 rings (SSSR count). The van der Waals surface area contributed by atoms with Gasteiger partial charge in [0, 0.05) is 49.8 Å². The average Bonchev–Trinajstić information content (AvgIpc) is 2.99. The predicted octanol–water partition coefficient (Wildman–Crippen LogP) is 4.81. The Labute approximate surface area is 247 Å². The lowest BCUT2D eigenvalue weighted by Crippen LogP contribution is -2.50. The van der Waals surface area contributed by atoms with Gasteiger partial charge in [0.05, 0.1) is 31.1 Å². The minimum atomic E-state index is -0.706. The molecule has 0 aliphatic carbocycles. The minimum Gasteiger partial charge on any atom is -0.496 e. The molecule has 1 unspecified atom stereocenters. The molecule has 2 amide bonds. The van der Waals surface area contributed by atoms with E-state index in [9.17, 15) is 23.5 Å². The van der Waals surface area contributed by atoms with Crippen molar-refractivity contribution < 1.29 is 33.0 Å². The number of hydrogen-bond acceptors (Lipinski definition) is 6. The number of ether oxygens (including phenoxy) is 2. The smallest absolute Gasteiger partial charge is 0.257 e. The van der Waals surface area contributed by atoms with Gasteiger partial charge < -0.3 is 29.3 Å². The second-order valence-electron chi connectivity index (χ2n) is 11.0. The number of hydrogen-bond donors (Lipinski definition) is 1. The number of halogens is 2. The standard InChI is InChI=1S/C32H43F2N3O5/c1-4-35(5-2)21-24(38)8-6-7-17-42-25-9-10-27(30(20-25)41-3)32(40)36-15-13-23(14-16-36)37-29-19-22(33)18-28(34)26(29)11-12-31(37)39/h9-10,18-20,23-24,38H,4-8,11-17,21H2,1-3H3. The number of carbonyl (C=O) groups excluding carboxylic acids is 2. The molecule has 2 aromatic rings. The highest BCUT2D eigenvalue weighted by Gasteiger charge is 2.35. The van der Waals surface area contributed by atoms with Crippen LogP contribution in [0.25, 0.3) is 0 Å². The lowest BCUT2D eigenvalue weighted by atomic mass is 9.94. The number of benzene rings is 2. The second-order valence-corrected chi connectivity index (χ2v) is 11.0. The second kappa shape index (κ2) is 14.8. The Morgan fingerprint density at radius 3 is 2.52 bits per heavy atom. The van der Waals surface area contributed by atoms with Crippen LogP contribution < -0.4 is 14.4 Å². The van der Waals surface area contributed by atoms with Gasteiger partial charge in [-0.1, -0.05) is 13.8 Å². The van der Waals surface area contributed by atoms with Gasteiger partial charge in [-0.15, -0.1) is 0 Å². The van der Waals surface area contributed by atoms with Crippen molar-refractivity contribution >= 4 is 17.5 Å². The van der Waals surface area contributed by atoms with E-state index in [1.165, 1.54) is 18.1 Å². The Morgan fingerprint density at radius 2 is 1.83 bits per heavy atom. The maximum absolute atomic E-state index is 14.4. The molecule has 8 nitrogen and oxygen atoms in total. The third-order valence-electron chi connectivity index (χ3n) is 8.34. The van der Waals surface area contributed by atoms with E-state index in [0.29, 0.717) is 67.4 Å². The summed E-state index contributed by atoms with van der Waals surface area (Å²) in [5, 5.41) is 10.2. The zero-order chi connectivity index (χ0) is 30.2. The predicted molar refractivity (Wildman–Crippen MR) is 157 cm³/mol. The molecule has 0 radical (unpaired) electrons. The first-order valence-electron chi connectivity index (χ1n) is 15.1. The van der Waals surface area contributed by atoms with Gasteiger partial charge >= 0.3 is 0 Å². The molecule has 0 saturated carbocycles. The van der Waals surface area contributed by atoms with Gasteiger partial charge in [-0.3, -0.25) is 9.59 Å². The summed E-state index contributed by atoms with van der Waals surface area (Å²) in [5.74, 6) is -0.637. The monoisotopic (exact) mass is 587 g/mol. The fourth-order valence-corrected chi connectivity index (χ4v) is 5.92. The highest BCUT2D eigenvalue weighted by atomic mass is 19.1. The number of unbranched alkanes of at least 4 members (excludes halogenated alkanes) is 1. The number of fused-ring (bicyclic) bond motifs is 1. The van der Waals surface area contributed by atoms with Crippen LogP contribution in [0.15, 0.2) is 30.3 Å². The molecule has 1 N–H and O–H groups in total.